The monoisotopic (exact) mass is 371 g/mol. The van der Waals surface area contributed by atoms with Crippen molar-refractivity contribution in [3.05, 3.63) is 81.7 Å². The third-order valence-corrected chi connectivity index (χ3v) is 5.50. The Balaban J connectivity index is 1.47. The minimum Gasteiger partial charge on any atom is -0.358 e. The molecule has 2 N–H and O–H groups in total. The van der Waals surface area contributed by atoms with Gasteiger partial charge in [0.1, 0.15) is 5.82 Å². The van der Waals surface area contributed by atoms with Gasteiger partial charge in [0.25, 0.3) is 5.56 Å². The predicted molar refractivity (Wildman–Crippen MR) is 109 cm³/mol. The van der Waals surface area contributed by atoms with Crippen LogP contribution in [0.4, 0.5) is 0 Å². The van der Waals surface area contributed by atoms with E-state index in [9.17, 15) is 4.79 Å². The largest absolute Gasteiger partial charge is 0.358 e. The number of fused-ring (bicyclic) bond motifs is 2. The van der Waals surface area contributed by atoms with Gasteiger partial charge >= 0.3 is 0 Å². The van der Waals surface area contributed by atoms with Crippen molar-refractivity contribution < 1.29 is 0 Å². The van der Waals surface area contributed by atoms with Crippen LogP contribution in [0.5, 0.6) is 0 Å². The van der Waals surface area contributed by atoms with Crippen LogP contribution in [0.2, 0.25) is 0 Å². The summed E-state index contributed by atoms with van der Waals surface area (Å²) in [6, 6.07) is 12.2. The molecule has 1 aliphatic rings. The molecular formula is C22H21N5O. The highest BCUT2D eigenvalue weighted by Crippen LogP contribution is 2.25. The zero-order valence-electron chi connectivity index (χ0n) is 15.7. The Morgan fingerprint density at radius 2 is 2.04 bits per heavy atom. The van der Waals surface area contributed by atoms with E-state index in [2.05, 4.69) is 51.0 Å². The summed E-state index contributed by atoms with van der Waals surface area (Å²) in [6.07, 6.45) is 4.15. The van der Waals surface area contributed by atoms with E-state index in [1.165, 1.54) is 22.2 Å². The first-order valence-corrected chi connectivity index (χ1v) is 9.50. The number of aryl methyl sites for hydroxylation is 1. The Hall–Kier alpha value is -3.25. The number of rotatable bonds is 3. The first-order valence-electron chi connectivity index (χ1n) is 9.50. The SMILES string of the molecule is Cc1[nH]c2ccccc2c1CN1CCc2c(nc(-c3cccnc3)[nH]c2=O)C1. The van der Waals surface area contributed by atoms with E-state index < -0.39 is 0 Å². The average Bonchev–Trinajstić information content (AvgIpc) is 3.03. The number of pyridine rings is 1. The van der Waals surface area contributed by atoms with Crippen LogP contribution in [0.3, 0.4) is 0 Å². The molecule has 0 amide bonds. The van der Waals surface area contributed by atoms with E-state index in [0.29, 0.717) is 18.8 Å². The molecular weight excluding hydrogens is 350 g/mol. The summed E-state index contributed by atoms with van der Waals surface area (Å²) in [5.41, 5.74) is 6.14. The maximum Gasteiger partial charge on any atom is 0.254 e. The smallest absolute Gasteiger partial charge is 0.254 e. The number of nitrogens with zero attached hydrogens (tertiary/aromatic N) is 3. The van der Waals surface area contributed by atoms with Crippen molar-refractivity contribution in [2.24, 2.45) is 0 Å². The molecule has 6 heteroatoms. The summed E-state index contributed by atoms with van der Waals surface area (Å²) in [4.78, 5) is 30.2. The molecule has 1 aromatic carbocycles. The average molecular weight is 371 g/mol. The second kappa shape index (κ2) is 6.73. The van der Waals surface area contributed by atoms with E-state index >= 15 is 0 Å². The van der Waals surface area contributed by atoms with Gasteiger partial charge in [0.2, 0.25) is 0 Å². The Labute approximate surface area is 162 Å². The lowest BCUT2D eigenvalue weighted by molar-refractivity contribution is 0.241. The minimum atomic E-state index is -0.0354. The van der Waals surface area contributed by atoms with E-state index in [1.54, 1.807) is 12.4 Å². The highest BCUT2D eigenvalue weighted by Gasteiger charge is 2.23. The van der Waals surface area contributed by atoms with Crippen LogP contribution in [0.25, 0.3) is 22.3 Å². The number of hydrogen-bond acceptors (Lipinski definition) is 4. The summed E-state index contributed by atoms with van der Waals surface area (Å²) in [5, 5.41) is 1.26. The molecule has 5 rings (SSSR count). The Morgan fingerprint density at radius 3 is 2.89 bits per heavy atom. The molecule has 6 nitrogen and oxygen atoms in total. The van der Waals surface area contributed by atoms with Crippen LogP contribution in [-0.2, 0) is 19.5 Å². The first-order chi connectivity index (χ1) is 13.7. The lowest BCUT2D eigenvalue weighted by Gasteiger charge is -2.27. The zero-order chi connectivity index (χ0) is 19.1. The van der Waals surface area contributed by atoms with Crippen molar-refractivity contribution in [1.82, 2.24) is 24.8 Å². The summed E-state index contributed by atoms with van der Waals surface area (Å²) < 4.78 is 0. The fraction of sp³-hybridized carbons (Fsp3) is 0.227. The van der Waals surface area contributed by atoms with Crippen molar-refractivity contribution in [1.29, 1.82) is 0 Å². The third kappa shape index (κ3) is 2.92. The maximum absolute atomic E-state index is 12.6. The Morgan fingerprint density at radius 1 is 1.14 bits per heavy atom. The van der Waals surface area contributed by atoms with Gasteiger partial charge in [-0.2, -0.15) is 0 Å². The molecule has 0 saturated carbocycles. The number of benzene rings is 1. The summed E-state index contributed by atoms with van der Waals surface area (Å²) in [6.45, 7) is 4.48. The number of H-pyrrole nitrogens is 2. The Kier molecular flexibility index (Phi) is 4.06. The van der Waals surface area contributed by atoms with E-state index in [0.717, 1.165) is 29.9 Å². The van der Waals surface area contributed by atoms with Gasteiger partial charge in [-0.15, -0.1) is 0 Å². The number of aromatic amines is 2. The fourth-order valence-electron chi connectivity index (χ4n) is 4.03. The van der Waals surface area contributed by atoms with Crippen LogP contribution in [-0.4, -0.2) is 31.4 Å². The molecule has 4 aromatic rings. The van der Waals surface area contributed by atoms with Gasteiger partial charge in [0.15, 0.2) is 0 Å². The van der Waals surface area contributed by atoms with Gasteiger partial charge in [-0.3, -0.25) is 14.7 Å². The second-order valence-corrected chi connectivity index (χ2v) is 7.32. The molecule has 3 aromatic heterocycles. The zero-order valence-corrected chi connectivity index (χ0v) is 15.7. The highest BCUT2D eigenvalue weighted by atomic mass is 16.1. The van der Waals surface area contributed by atoms with Crippen LogP contribution < -0.4 is 5.56 Å². The molecule has 4 heterocycles. The number of hydrogen-bond donors (Lipinski definition) is 2. The third-order valence-electron chi connectivity index (χ3n) is 5.50. The van der Waals surface area contributed by atoms with Gasteiger partial charge < -0.3 is 9.97 Å². The molecule has 1 aliphatic heterocycles. The van der Waals surface area contributed by atoms with Crippen molar-refractivity contribution >= 4 is 10.9 Å². The molecule has 0 saturated heterocycles. The van der Waals surface area contributed by atoms with Gasteiger partial charge in [-0.05, 0) is 37.1 Å². The quantitative estimate of drug-likeness (QED) is 0.580. The number of nitrogens with one attached hydrogen (secondary N) is 2. The lowest BCUT2D eigenvalue weighted by atomic mass is 10.0. The molecule has 0 atom stereocenters. The van der Waals surface area contributed by atoms with Crippen LogP contribution >= 0.6 is 0 Å². The predicted octanol–water partition coefficient (Wildman–Crippen LogP) is 3.18. The standard InChI is InChI=1S/C22H21N5O/c1-14-18(16-6-2-3-7-19(16)24-14)12-27-10-8-17-20(13-27)25-21(26-22(17)28)15-5-4-9-23-11-15/h2-7,9,11,24H,8,10,12-13H2,1H3,(H,25,26,28). The summed E-state index contributed by atoms with van der Waals surface area (Å²) in [5.74, 6) is 0.585. The van der Waals surface area contributed by atoms with Crippen molar-refractivity contribution in [3.63, 3.8) is 0 Å². The number of aromatic nitrogens is 4. The van der Waals surface area contributed by atoms with Crippen molar-refractivity contribution in [2.75, 3.05) is 6.54 Å². The van der Waals surface area contributed by atoms with Gasteiger partial charge in [0, 0.05) is 59.8 Å². The summed E-state index contributed by atoms with van der Waals surface area (Å²) >= 11 is 0. The van der Waals surface area contributed by atoms with E-state index in [4.69, 9.17) is 4.98 Å². The molecule has 0 spiro atoms. The van der Waals surface area contributed by atoms with Crippen molar-refractivity contribution in [3.8, 4) is 11.4 Å². The molecule has 0 unspecified atom stereocenters. The molecule has 0 aliphatic carbocycles. The first kappa shape index (κ1) is 16.9. The van der Waals surface area contributed by atoms with E-state index in [-0.39, 0.29) is 5.56 Å². The van der Waals surface area contributed by atoms with Crippen molar-refractivity contribution in [2.45, 2.75) is 26.4 Å². The lowest BCUT2D eigenvalue weighted by Crippen LogP contribution is -2.35. The van der Waals surface area contributed by atoms with Gasteiger partial charge in [0.05, 0.1) is 5.69 Å². The topological polar surface area (TPSA) is 77.7 Å². The molecule has 140 valence electrons. The molecule has 28 heavy (non-hydrogen) atoms. The molecule has 0 bridgehead atoms. The fourth-order valence-corrected chi connectivity index (χ4v) is 4.03. The maximum atomic E-state index is 12.6. The highest BCUT2D eigenvalue weighted by molar-refractivity contribution is 5.84. The molecule has 0 radical (unpaired) electrons. The minimum absolute atomic E-state index is 0.0354. The second-order valence-electron chi connectivity index (χ2n) is 7.32. The Bertz CT molecular complexity index is 1210. The van der Waals surface area contributed by atoms with Crippen LogP contribution in [0.1, 0.15) is 22.5 Å². The van der Waals surface area contributed by atoms with E-state index in [1.807, 2.05) is 12.1 Å². The van der Waals surface area contributed by atoms with Gasteiger partial charge in [-0.1, -0.05) is 18.2 Å². The summed E-state index contributed by atoms with van der Waals surface area (Å²) in [7, 11) is 0. The van der Waals surface area contributed by atoms with Crippen LogP contribution in [0, 0.1) is 6.92 Å². The van der Waals surface area contributed by atoms with Crippen LogP contribution in [0.15, 0.2) is 53.6 Å². The normalized spacial score (nSPS) is 14.3. The molecule has 0 fully saturated rings. The number of para-hydroxylation sites is 1. The van der Waals surface area contributed by atoms with Gasteiger partial charge in [-0.25, -0.2) is 4.98 Å².